The number of nitrogens with zero attached hydrogens (tertiary/aromatic N) is 1. The lowest BCUT2D eigenvalue weighted by Gasteiger charge is -2.22. The van der Waals surface area contributed by atoms with Crippen LogP contribution in [0.3, 0.4) is 0 Å². The van der Waals surface area contributed by atoms with Gasteiger partial charge in [-0.1, -0.05) is 19.8 Å². The van der Waals surface area contributed by atoms with Gasteiger partial charge in [0.2, 0.25) is 0 Å². The van der Waals surface area contributed by atoms with Crippen LogP contribution in [-0.2, 0) is 4.79 Å². The number of unbranched alkanes of at least 4 members (excludes halogenated alkanes) is 3. The van der Waals surface area contributed by atoms with Crippen LogP contribution in [0.2, 0.25) is 0 Å². The van der Waals surface area contributed by atoms with Crippen molar-refractivity contribution in [1.29, 1.82) is 0 Å². The van der Waals surface area contributed by atoms with Crippen molar-refractivity contribution in [3.8, 4) is 0 Å². The molecule has 5 nitrogen and oxygen atoms in total. The van der Waals surface area contributed by atoms with E-state index < -0.39 is 5.97 Å². The molecule has 0 saturated heterocycles. The molecule has 1 fully saturated rings. The summed E-state index contributed by atoms with van der Waals surface area (Å²) in [6.07, 6.45) is 7.04. The quantitative estimate of drug-likeness (QED) is 0.599. The van der Waals surface area contributed by atoms with E-state index in [2.05, 4.69) is 12.2 Å². The number of hydrogen-bond acceptors (Lipinski definition) is 2. The second kappa shape index (κ2) is 8.77. The molecule has 0 heterocycles. The van der Waals surface area contributed by atoms with E-state index in [1.54, 1.807) is 0 Å². The molecule has 2 amide bonds. The van der Waals surface area contributed by atoms with E-state index in [1.165, 1.54) is 0 Å². The lowest BCUT2D eigenvalue weighted by molar-refractivity contribution is -0.137. The highest BCUT2D eigenvalue weighted by molar-refractivity contribution is 5.74. The topological polar surface area (TPSA) is 69.6 Å². The van der Waals surface area contributed by atoms with E-state index in [-0.39, 0.29) is 12.5 Å². The Balaban J connectivity index is 2.09. The molecule has 1 saturated carbocycles. The first-order valence-corrected chi connectivity index (χ1v) is 7.41. The number of nitrogens with one attached hydrogen (secondary N) is 1. The van der Waals surface area contributed by atoms with Crippen molar-refractivity contribution >= 4 is 12.0 Å². The minimum Gasteiger partial charge on any atom is -0.481 e. The van der Waals surface area contributed by atoms with Gasteiger partial charge in [0.25, 0.3) is 0 Å². The fourth-order valence-corrected chi connectivity index (χ4v) is 2.04. The average Bonchev–Trinajstić information content (AvgIpc) is 3.18. The molecular formula is C14H26N2O3. The first kappa shape index (κ1) is 15.8. The van der Waals surface area contributed by atoms with E-state index in [1.807, 2.05) is 4.90 Å². The van der Waals surface area contributed by atoms with E-state index in [4.69, 9.17) is 5.11 Å². The molecule has 1 aliphatic rings. The van der Waals surface area contributed by atoms with Gasteiger partial charge in [-0.25, -0.2) is 4.79 Å². The molecule has 0 atom stereocenters. The maximum atomic E-state index is 12.0. The van der Waals surface area contributed by atoms with Gasteiger partial charge in [0.15, 0.2) is 0 Å². The smallest absolute Gasteiger partial charge is 0.317 e. The van der Waals surface area contributed by atoms with E-state index in [0.717, 1.165) is 45.1 Å². The Morgan fingerprint density at radius 2 is 1.95 bits per heavy atom. The van der Waals surface area contributed by atoms with Crippen LogP contribution in [0.25, 0.3) is 0 Å². The lowest BCUT2D eigenvalue weighted by atomic mass is 10.2. The average molecular weight is 270 g/mol. The fourth-order valence-electron chi connectivity index (χ4n) is 2.04. The third kappa shape index (κ3) is 7.03. The second-order valence-electron chi connectivity index (χ2n) is 5.21. The summed E-state index contributed by atoms with van der Waals surface area (Å²) < 4.78 is 0. The van der Waals surface area contributed by atoms with Gasteiger partial charge in [-0.2, -0.15) is 0 Å². The summed E-state index contributed by atoms with van der Waals surface area (Å²) in [5, 5.41) is 11.4. The van der Waals surface area contributed by atoms with Crippen LogP contribution in [0, 0.1) is 0 Å². The third-order valence-electron chi connectivity index (χ3n) is 3.34. The van der Waals surface area contributed by atoms with Gasteiger partial charge in [-0.05, 0) is 32.1 Å². The molecule has 1 aliphatic carbocycles. The highest BCUT2D eigenvalue weighted by Crippen LogP contribution is 2.27. The minimum absolute atomic E-state index is 0.0502. The van der Waals surface area contributed by atoms with Crippen LogP contribution < -0.4 is 5.32 Å². The summed E-state index contributed by atoms with van der Waals surface area (Å²) in [4.78, 5) is 24.3. The van der Waals surface area contributed by atoms with Crippen LogP contribution in [0.1, 0.15) is 58.3 Å². The highest BCUT2D eigenvalue weighted by Gasteiger charge is 2.31. The van der Waals surface area contributed by atoms with Crippen molar-refractivity contribution in [2.24, 2.45) is 0 Å². The van der Waals surface area contributed by atoms with Crippen molar-refractivity contribution < 1.29 is 14.7 Å². The molecule has 0 radical (unpaired) electrons. The molecule has 1 rings (SSSR count). The number of amides is 2. The maximum absolute atomic E-state index is 12.0. The van der Waals surface area contributed by atoms with Crippen LogP contribution in [0.5, 0.6) is 0 Å². The molecule has 0 aromatic rings. The second-order valence-corrected chi connectivity index (χ2v) is 5.21. The van der Waals surface area contributed by atoms with Gasteiger partial charge in [-0.15, -0.1) is 0 Å². The van der Waals surface area contributed by atoms with Crippen molar-refractivity contribution in [2.75, 3.05) is 13.1 Å². The monoisotopic (exact) mass is 270 g/mol. The predicted octanol–water partition coefficient (Wildman–Crippen LogP) is 2.61. The standard InChI is InChI=1S/C14H26N2O3/c1-2-3-11-16(12-8-9-12)14(19)15-10-6-4-5-7-13(17)18/h12H,2-11H2,1H3,(H,15,19)(H,17,18). The third-order valence-corrected chi connectivity index (χ3v) is 3.34. The fraction of sp³-hybridized carbons (Fsp3) is 0.857. The summed E-state index contributed by atoms with van der Waals surface area (Å²) in [7, 11) is 0. The van der Waals surface area contributed by atoms with Gasteiger partial charge in [0.05, 0.1) is 0 Å². The SMILES string of the molecule is CCCCN(C(=O)NCCCCCC(=O)O)C1CC1. The summed E-state index contributed by atoms with van der Waals surface area (Å²) >= 11 is 0. The van der Waals surface area contributed by atoms with Gasteiger partial charge in [-0.3, -0.25) is 4.79 Å². The minimum atomic E-state index is -0.747. The summed E-state index contributed by atoms with van der Waals surface area (Å²) in [5.41, 5.74) is 0. The van der Waals surface area contributed by atoms with Crippen LogP contribution in [0.15, 0.2) is 0 Å². The van der Waals surface area contributed by atoms with Crippen LogP contribution >= 0.6 is 0 Å². The number of hydrogen-bond donors (Lipinski definition) is 2. The summed E-state index contributed by atoms with van der Waals surface area (Å²) in [6, 6.07) is 0.507. The Morgan fingerprint density at radius 1 is 1.21 bits per heavy atom. The van der Waals surface area contributed by atoms with Crippen LogP contribution in [-0.4, -0.2) is 41.1 Å². The van der Waals surface area contributed by atoms with Gasteiger partial charge >= 0.3 is 12.0 Å². The summed E-state index contributed by atoms with van der Waals surface area (Å²) in [5.74, 6) is -0.747. The number of aliphatic carboxylic acids is 1. The number of carboxylic acid groups (broad SMARTS) is 1. The Hall–Kier alpha value is -1.26. The van der Waals surface area contributed by atoms with E-state index in [9.17, 15) is 9.59 Å². The number of rotatable bonds is 10. The number of carboxylic acids is 1. The zero-order valence-corrected chi connectivity index (χ0v) is 11.9. The Bertz CT molecular complexity index is 290. The van der Waals surface area contributed by atoms with Gasteiger partial charge in [0, 0.05) is 25.6 Å². The molecule has 2 N–H and O–H groups in total. The molecule has 0 unspecified atom stereocenters. The Morgan fingerprint density at radius 3 is 2.53 bits per heavy atom. The normalized spacial score (nSPS) is 14.2. The zero-order chi connectivity index (χ0) is 14.1. The Kier molecular flexibility index (Phi) is 7.30. The maximum Gasteiger partial charge on any atom is 0.317 e. The van der Waals surface area contributed by atoms with E-state index >= 15 is 0 Å². The molecule has 5 heteroatoms. The van der Waals surface area contributed by atoms with Crippen molar-refractivity contribution in [2.45, 2.75) is 64.3 Å². The first-order chi connectivity index (χ1) is 9.15. The number of carbonyl (C=O) groups excluding carboxylic acids is 1. The largest absolute Gasteiger partial charge is 0.481 e. The molecular weight excluding hydrogens is 244 g/mol. The predicted molar refractivity (Wildman–Crippen MR) is 74.1 cm³/mol. The lowest BCUT2D eigenvalue weighted by Crippen LogP contribution is -2.42. The zero-order valence-electron chi connectivity index (χ0n) is 11.9. The number of carbonyl (C=O) groups is 2. The van der Waals surface area contributed by atoms with Crippen LogP contribution in [0.4, 0.5) is 4.79 Å². The molecule has 0 aromatic heterocycles. The molecule has 0 aliphatic heterocycles. The first-order valence-electron chi connectivity index (χ1n) is 7.41. The van der Waals surface area contributed by atoms with Crippen molar-refractivity contribution in [3.63, 3.8) is 0 Å². The molecule has 110 valence electrons. The molecule has 0 spiro atoms. The number of urea groups is 1. The van der Waals surface area contributed by atoms with Crippen molar-refractivity contribution in [3.05, 3.63) is 0 Å². The molecule has 19 heavy (non-hydrogen) atoms. The van der Waals surface area contributed by atoms with Gasteiger partial charge < -0.3 is 15.3 Å². The highest BCUT2D eigenvalue weighted by atomic mass is 16.4. The van der Waals surface area contributed by atoms with Gasteiger partial charge in [0.1, 0.15) is 0 Å². The molecule has 0 aromatic carbocycles. The Labute approximate surface area is 115 Å². The molecule has 0 bridgehead atoms. The van der Waals surface area contributed by atoms with E-state index in [0.29, 0.717) is 19.0 Å². The summed E-state index contributed by atoms with van der Waals surface area (Å²) in [6.45, 7) is 3.63. The van der Waals surface area contributed by atoms with Crippen molar-refractivity contribution in [1.82, 2.24) is 10.2 Å².